The molecule has 0 unspecified atom stereocenters. The molecule has 0 heterocycles. The summed E-state index contributed by atoms with van der Waals surface area (Å²) in [5.74, 6) is -0.0773. The maximum absolute atomic E-state index is 11.1. The van der Waals surface area contributed by atoms with Gasteiger partial charge in [-0.2, -0.15) is 0 Å². The first kappa shape index (κ1) is 9.52. The average Bonchev–Trinajstić information content (AvgIpc) is 1.97. The van der Waals surface area contributed by atoms with Crippen molar-refractivity contribution in [3.63, 3.8) is 0 Å². The molecule has 0 bridgehead atoms. The van der Waals surface area contributed by atoms with Crippen molar-refractivity contribution >= 4 is 5.97 Å². The maximum Gasteiger partial charge on any atom is 0.307 e. The van der Waals surface area contributed by atoms with Crippen molar-refractivity contribution < 1.29 is 9.53 Å². The van der Waals surface area contributed by atoms with Crippen LogP contribution in [-0.4, -0.2) is 25.2 Å². The van der Waals surface area contributed by atoms with Crippen LogP contribution in [0.1, 0.15) is 32.6 Å². The van der Waals surface area contributed by atoms with Crippen molar-refractivity contribution in [3.8, 4) is 0 Å². The van der Waals surface area contributed by atoms with E-state index < -0.39 is 0 Å². The Bertz CT molecular complexity index is 158. The number of hydrogen-bond acceptors (Lipinski definition) is 3. The third kappa shape index (κ3) is 1.97. The fourth-order valence-corrected chi connectivity index (χ4v) is 1.61. The Morgan fingerprint density at radius 2 is 2.25 bits per heavy atom. The Labute approximate surface area is 73.5 Å². The second-order valence-electron chi connectivity index (χ2n) is 3.37. The summed E-state index contributed by atoms with van der Waals surface area (Å²) in [4.78, 5) is 11.1. The van der Waals surface area contributed by atoms with Gasteiger partial charge in [0.05, 0.1) is 13.0 Å². The van der Waals surface area contributed by atoms with E-state index in [0.717, 1.165) is 12.8 Å². The summed E-state index contributed by atoms with van der Waals surface area (Å²) >= 11 is 0. The zero-order valence-electron chi connectivity index (χ0n) is 7.85. The molecule has 0 radical (unpaired) electrons. The first-order valence-corrected chi connectivity index (χ1v) is 4.57. The van der Waals surface area contributed by atoms with Crippen molar-refractivity contribution in [2.45, 2.75) is 38.1 Å². The molecule has 3 heteroatoms. The summed E-state index contributed by atoms with van der Waals surface area (Å²) < 4.78 is 4.90. The number of rotatable bonds is 4. The van der Waals surface area contributed by atoms with Crippen molar-refractivity contribution in [2.24, 2.45) is 0 Å². The molecular formula is C9H17NO2. The fourth-order valence-electron chi connectivity index (χ4n) is 1.61. The largest absolute Gasteiger partial charge is 0.466 e. The Kier molecular flexibility index (Phi) is 3.09. The summed E-state index contributed by atoms with van der Waals surface area (Å²) in [5, 5.41) is 3.20. The first-order chi connectivity index (χ1) is 5.72. The average molecular weight is 171 g/mol. The second-order valence-corrected chi connectivity index (χ2v) is 3.37. The molecular weight excluding hydrogens is 154 g/mol. The van der Waals surface area contributed by atoms with E-state index in [1.165, 1.54) is 6.42 Å². The Hall–Kier alpha value is -0.570. The SMILES string of the molecule is CCOC(=O)CC1(NC)CCC1. The summed E-state index contributed by atoms with van der Waals surface area (Å²) in [6.45, 7) is 2.32. The third-order valence-electron chi connectivity index (χ3n) is 2.63. The van der Waals surface area contributed by atoms with Gasteiger partial charge in [-0.1, -0.05) is 0 Å². The van der Waals surface area contributed by atoms with Crippen LogP contribution in [-0.2, 0) is 9.53 Å². The molecule has 0 amide bonds. The predicted molar refractivity (Wildman–Crippen MR) is 46.9 cm³/mol. The lowest BCUT2D eigenvalue weighted by Gasteiger charge is -2.40. The molecule has 0 saturated heterocycles. The van der Waals surface area contributed by atoms with Gasteiger partial charge in [-0.05, 0) is 33.2 Å². The topological polar surface area (TPSA) is 38.3 Å². The van der Waals surface area contributed by atoms with Crippen LogP contribution in [0.3, 0.4) is 0 Å². The van der Waals surface area contributed by atoms with Gasteiger partial charge in [-0.15, -0.1) is 0 Å². The van der Waals surface area contributed by atoms with Gasteiger partial charge < -0.3 is 10.1 Å². The van der Waals surface area contributed by atoms with Gasteiger partial charge in [0.25, 0.3) is 0 Å². The molecule has 1 fully saturated rings. The van der Waals surface area contributed by atoms with Crippen molar-refractivity contribution in [3.05, 3.63) is 0 Å². The van der Waals surface area contributed by atoms with Crippen LogP contribution in [0.5, 0.6) is 0 Å². The van der Waals surface area contributed by atoms with E-state index in [9.17, 15) is 4.79 Å². The van der Waals surface area contributed by atoms with Crippen LogP contribution < -0.4 is 5.32 Å². The molecule has 0 aromatic heterocycles. The lowest BCUT2D eigenvalue weighted by Crippen LogP contribution is -2.50. The highest BCUT2D eigenvalue weighted by molar-refractivity contribution is 5.71. The van der Waals surface area contributed by atoms with Crippen LogP contribution in [0.25, 0.3) is 0 Å². The zero-order chi connectivity index (χ0) is 9.03. The number of hydrogen-bond donors (Lipinski definition) is 1. The summed E-state index contributed by atoms with van der Waals surface area (Å²) in [7, 11) is 1.92. The molecule has 1 N–H and O–H groups in total. The minimum atomic E-state index is -0.0773. The van der Waals surface area contributed by atoms with Gasteiger partial charge in [0.1, 0.15) is 0 Å². The number of esters is 1. The molecule has 0 atom stereocenters. The molecule has 0 aliphatic heterocycles. The lowest BCUT2D eigenvalue weighted by atomic mass is 9.74. The molecule has 0 aromatic rings. The zero-order valence-corrected chi connectivity index (χ0v) is 7.85. The molecule has 12 heavy (non-hydrogen) atoms. The van der Waals surface area contributed by atoms with Crippen LogP contribution in [0, 0.1) is 0 Å². The summed E-state index contributed by atoms with van der Waals surface area (Å²) in [5.41, 5.74) is 0.0618. The molecule has 1 aliphatic carbocycles. The molecule has 70 valence electrons. The van der Waals surface area contributed by atoms with Crippen LogP contribution in [0.4, 0.5) is 0 Å². The van der Waals surface area contributed by atoms with E-state index in [4.69, 9.17) is 4.74 Å². The van der Waals surface area contributed by atoms with Gasteiger partial charge in [-0.3, -0.25) is 4.79 Å². The van der Waals surface area contributed by atoms with Crippen molar-refractivity contribution in [1.82, 2.24) is 5.32 Å². The van der Waals surface area contributed by atoms with Gasteiger partial charge >= 0.3 is 5.97 Å². The van der Waals surface area contributed by atoms with Gasteiger partial charge in [-0.25, -0.2) is 0 Å². The number of nitrogens with one attached hydrogen (secondary N) is 1. The van der Waals surface area contributed by atoms with Gasteiger partial charge in [0.15, 0.2) is 0 Å². The van der Waals surface area contributed by atoms with E-state index >= 15 is 0 Å². The highest BCUT2D eigenvalue weighted by atomic mass is 16.5. The standard InChI is InChI=1S/C9H17NO2/c1-3-12-8(11)7-9(10-2)5-4-6-9/h10H,3-7H2,1-2H3. The van der Waals surface area contributed by atoms with E-state index in [0.29, 0.717) is 13.0 Å². The van der Waals surface area contributed by atoms with Gasteiger partial charge in [0, 0.05) is 5.54 Å². The molecule has 1 aliphatic rings. The molecule has 3 nitrogen and oxygen atoms in total. The minimum absolute atomic E-state index is 0.0618. The number of ether oxygens (including phenoxy) is 1. The molecule has 1 rings (SSSR count). The lowest BCUT2D eigenvalue weighted by molar-refractivity contribution is -0.145. The minimum Gasteiger partial charge on any atom is -0.466 e. The van der Waals surface area contributed by atoms with Crippen molar-refractivity contribution in [2.75, 3.05) is 13.7 Å². The molecule has 0 aromatic carbocycles. The number of carbonyl (C=O) groups is 1. The quantitative estimate of drug-likeness (QED) is 0.643. The Morgan fingerprint density at radius 1 is 1.58 bits per heavy atom. The smallest absolute Gasteiger partial charge is 0.307 e. The van der Waals surface area contributed by atoms with Crippen LogP contribution in [0.2, 0.25) is 0 Å². The van der Waals surface area contributed by atoms with E-state index in [2.05, 4.69) is 5.32 Å². The normalized spacial score (nSPS) is 19.8. The third-order valence-corrected chi connectivity index (χ3v) is 2.63. The number of carbonyl (C=O) groups excluding carboxylic acids is 1. The molecule has 0 spiro atoms. The second kappa shape index (κ2) is 3.90. The monoisotopic (exact) mass is 171 g/mol. The predicted octanol–water partition coefficient (Wildman–Crippen LogP) is 1.08. The van der Waals surface area contributed by atoms with E-state index in [1.807, 2.05) is 14.0 Å². The summed E-state index contributed by atoms with van der Waals surface area (Å²) in [6.07, 6.45) is 3.95. The Morgan fingerprint density at radius 3 is 2.58 bits per heavy atom. The fraction of sp³-hybridized carbons (Fsp3) is 0.889. The van der Waals surface area contributed by atoms with Gasteiger partial charge in [0.2, 0.25) is 0 Å². The highest BCUT2D eigenvalue weighted by Crippen LogP contribution is 2.34. The first-order valence-electron chi connectivity index (χ1n) is 4.57. The van der Waals surface area contributed by atoms with E-state index in [-0.39, 0.29) is 11.5 Å². The molecule has 1 saturated carbocycles. The summed E-state index contributed by atoms with van der Waals surface area (Å²) in [6, 6.07) is 0. The van der Waals surface area contributed by atoms with Crippen molar-refractivity contribution in [1.29, 1.82) is 0 Å². The van der Waals surface area contributed by atoms with E-state index in [1.54, 1.807) is 0 Å². The van der Waals surface area contributed by atoms with Crippen LogP contribution in [0.15, 0.2) is 0 Å². The van der Waals surface area contributed by atoms with Crippen LogP contribution >= 0.6 is 0 Å². The highest BCUT2D eigenvalue weighted by Gasteiger charge is 2.37. The Balaban J connectivity index is 2.32. The maximum atomic E-state index is 11.1.